The molecule has 0 amide bonds. The largest absolute Gasteiger partial charge is 0.373 e. The summed E-state index contributed by atoms with van der Waals surface area (Å²) in [5.41, 5.74) is 2.97. The molecule has 1 aliphatic heterocycles. The van der Waals surface area contributed by atoms with Crippen LogP contribution in [0.3, 0.4) is 0 Å². The first kappa shape index (κ1) is 15.3. The standard InChI is InChI=1S/C17H31N/c1-4-5-6-7-8-9-10-11-13-18-14-12-16(2)17(3)15-18/h12,14H,4-11,13,15H2,1-3H3. The molecule has 18 heavy (non-hydrogen) atoms. The molecule has 0 N–H and O–H groups in total. The topological polar surface area (TPSA) is 3.24 Å². The Morgan fingerprint density at radius 3 is 2.17 bits per heavy atom. The first-order valence-electron chi connectivity index (χ1n) is 7.82. The molecule has 0 bridgehead atoms. The molecule has 0 aromatic carbocycles. The van der Waals surface area contributed by atoms with Crippen LogP contribution in [0.25, 0.3) is 0 Å². The number of hydrogen-bond acceptors (Lipinski definition) is 1. The molecule has 0 aromatic rings. The molecule has 0 saturated heterocycles. The van der Waals surface area contributed by atoms with Gasteiger partial charge in [-0.2, -0.15) is 0 Å². The van der Waals surface area contributed by atoms with E-state index in [1.54, 1.807) is 0 Å². The van der Waals surface area contributed by atoms with Crippen molar-refractivity contribution in [1.29, 1.82) is 0 Å². The second kappa shape index (κ2) is 9.24. The zero-order chi connectivity index (χ0) is 13.2. The van der Waals surface area contributed by atoms with E-state index >= 15 is 0 Å². The lowest BCUT2D eigenvalue weighted by molar-refractivity contribution is 0.382. The average molecular weight is 249 g/mol. The third kappa shape index (κ3) is 6.28. The molecule has 1 nitrogen and oxygen atoms in total. The van der Waals surface area contributed by atoms with E-state index in [9.17, 15) is 0 Å². The summed E-state index contributed by atoms with van der Waals surface area (Å²) in [6, 6.07) is 0. The third-order valence-corrected chi connectivity index (χ3v) is 3.95. The van der Waals surface area contributed by atoms with Crippen molar-refractivity contribution in [3.63, 3.8) is 0 Å². The van der Waals surface area contributed by atoms with Crippen LogP contribution in [0.4, 0.5) is 0 Å². The summed E-state index contributed by atoms with van der Waals surface area (Å²) >= 11 is 0. The van der Waals surface area contributed by atoms with Crippen molar-refractivity contribution in [2.45, 2.75) is 72.1 Å². The second-order valence-electron chi connectivity index (χ2n) is 5.72. The maximum atomic E-state index is 2.46. The minimum atomic E-state index is 1.14. The Hall–Kier alpha value is -0.720. The van der Waals surface area contributed by atoms with Crippen molar-refractivity contribution < 1.29 is 0 Å². The summed E-state index contributed by atoms with van der Waals surface area (Å²) in [7, 11) is 0. The smallest absolute Gasteiger partial charge is 0.0386 e. The minimum absolute atomic E-state index is 1.14. The zero-order valence-electron chi connectivity index (χ0n) is 12.7. The highest BCUT2D eigenvalue weighted by Gasteiger charge is 2.06. The molecular weight excluding hydrogens is 218 g/mol. The van der Waals surface area contributed by atoms with Gasteiger partial charge in [0.2, 0.25) is 0 Å². The predicted molar refractivity (Wildman–Crippen MR) is 81.7 cm³/mol. The lowest BCUT2D eigenvalue weighted by atomic mass is 10.1. The molecule has 104 valence electrons. The number of unbranched alkanes of at least 4 members (excludes halogenated alkanes) is 7. The summed E-state index contributed by atoms with van der Waals surface area (Å²) in [5, 5.41) is 0. The Balaban J connectivity index is 1.95. The maximum Gasteiger partial charge on any atom is 0.0386 e. The fourth-order valence-electron chi connectivity index (χ4n) is 2.44. The van der Waals surface area contributed by atoms with E-state index in [0.717, 1.165) is 6.54 Å². The fraction of sp³-hybridized carbons (Fsp3) is 0.765. The summed E-state index contributed by atoms with van der Waals surface area (Å²) in [6.45, 7) is 9.11. The predicted octanol–water partition coefficient (Wildman–Crippen LogP) is 5.29. The molecule has 1 rings (SSSR count). The van der Waals surface area contributed by atoms with E-state index in [0.29, 0.717) is 0 Å². The molecule has 0 unspecified atom stereocenters. The van der Waals surface area contributed by atoms with Gasteiger partial charge in [-0.25, -0.2) is 0 Å². The van der Waals surface area contributed by atoms with Gasteiger partial charge in [0.25, 0.3) is 0 Å². The highest BCUT2D eigenvalue weighted by molar-refractivity contribution is 5.26. The van der Waals surface area contributed by atoms with E-state index in [4.69, 9.17) is 0 Å². The molecule has 1 heteroatoms. The van der Waals surface area contributed by atoms with Crippen LogP contribution in [0.5, 0.6) is 0 Å². The molecule has 0 fully saturated rings. The van der Waals surface area contributed by atoms with Gasteiger partial charge < -0.3 is 4.90 Å². The highest BCUT2D eigenvalue weighted by atomic mass is 15.1. The molecular formula is C17H31N. The number of hydrogen-bond donors (Lipinski definition) is 0. The molecule has 1 aliphatic rings. The van der Waals surface area contributed by atoms with Crippen LogP contribution >= 0.6 is 0 Å². The van der Waals surface area contributed by atoms with Crippen LogP contribution < -0.4 is 0 Å². The van der Waals surface area contributed by atoms with Gasteiger partial charge in [-0.1, -0.05) is 57.4 Å². The minimum Gasteiger partial charge on any atom is -0.373 e. The third-order valence-electron chi connectivity index (χ3n) is 3.95. The fourth-order valence-corrected chi connectivity index (χ4v) is 2.44. The molecule has 0 aliphatic carbocycles. The van der Waals surface area contributed by atoms with Gasteiger partial charge in [-0.05, 0) is 38.1 Å². The van der Waals surface area contributed by atoms with Gasteiger partial charge in [-0.3, -0.25) is 0 Å². The maximum absolute atomic E-state index is 2.46. The molecule has 0 radical (unpaired) electrons. The Morgan fingerprint density at radius 2 is 1.56 bits per heavy atom. The summed E-state index contributed by atoms with van der Waals surface area (Å²) in [6.07, 6.45) is 15.8. The van der Waals surface area contributed by atoms with Gasteiger partial charge >= 0.3 is 0 Å². The number of allylic oxidation sites excluding steroid dienone is 2. The van der Waals surface area contributed by atoms with Crippen LogP contribution in [0, 0.1) is 0 Å². The lowest BCUT2D eigenvalue weighted by Crippen LogP contribution is -2.23. The quantitative estimate of drug-likeness (QED) is 0.502. The van der Waals surface area contributed by atoms with Crippen LogP contribution in [0.15, 0.2) is 23.4 Å². The van der Waals surface area contributed by atoms with Crippen molar-refractivity contribution in [1.82, 2.24) is 4.90 Å². The van der Waals surface area contributed by atoms with Crippen molar-refractivity contribution in [3.05, 3.63) is 23.4 Å². The van der Waals surface area contributed by atoms with E-state index < -0.39 is 0 Å². The molecule has 0 aromatic heterocycles. The van der Waals surface area contributed by atoms with Gasteiger partial charge in [0.15, 0.2) is 0 Å². The van der Waals surface area contributed by atoms with Crippen LogP contribution in [-0.4, -0.2) is 18.0 Å². The van der Waals surface area contributed by atoms with Crippen LogP contribution in [0.2, 0.25) is 0 Å². The summed E-state index contributed by atoms with van der Waals surface area (Å²) in [5.74, 6) is 0. The van der Waals surface area contributed by atoms with E-state index in [1.807, 2.05) is 0 Å². The lowest BCUT2D eigenvalue weighted by Gasteiger charge is -2.25. The van der Waals surface area contributed by atoms with Gasteiger partial charge in [0.1, 0.15) is 0 Å². The monoisotopic (exact) mass is 249 g/mol. The SMILES string of the molecule is CCCCCCCCCCN1C=CC(C)=C(C)C1. The van der Waals surface area contributed by atoms with Gasteiger partial charge in [0, 0.05) is 13.1 Å². The second-order valence-corrected chi connectivity index (χ2v) is 5.72. The van der Waals surface area contributed by atoms with Crippen molar-refractivity contribution in [2.75, 3.05) is 13.1 Å². The van der Waals surface area contributed by atoms with Crippen molar-refractivity contribution in [2.24, 2.45) is 0 Å². The van der Waals surface area contributed by atoms with E-state index in [1.165, 1.54) is 69.1 Å². The van der Waals surface area contributed by atoms with Crippen LogP contribution in [-0.2, 0) is 0 Å². The molecule has 0 saturated carbocycles. The zero-order valence-corrected chi connectivity index (χ0v) is 12.7. The van der Waals surface area contributed by atoms with E-state index in [-0.39, 0.29) is 0 Å². The first-order valence-corrected chi connectivity index (χ1v) is 7.82. The van der Waals surface area contributed by atoms with Gasteiger partial charge in [-0.15, -0.1) is 0 Å². The molecule has 0 atom stereocenters. The Labute approximate surface area is 114 Å². The Bertz CT molecular complexity index is 275. The molecule has 0 spiro atoms. The first-order chi connectivity index (χ1) is 8.74. The summed E-state index contributed by atoms with van der Waals surface area (Å²) in [4.78, 5) is 2.46. The van der Waals surface area contributed by atoms with Gasteiger partial charge in [0.05, 0.1) is 0 Å². The van der Waals surface area contributed by atoms with Crippen LogP contribution in [0.1, 0.15) is 72.1 Å². The van der Waals surface area contributed by atoms with E-state index in [2.05, 4.69) is 37.9 Å². The highest BCUT2D eigenvalue weighted by Crippen LogP contribution is 2.15. The number of nitrogens with zero attached hydrogens (tertiary/aromatic N) is 1. The summed E-state index contributed by atoms with van der Waals surface area (Å²) < 4.78 is 0. The van der Waals surface area contributed by atoms with Crippen molar-refractivity contribution in [3.8, 4) is 0 Å². The molecule has 1 heterocycles. The normalized spacial score (nSPS) is 15.6. The van der Waals surface area contributed by atoms with Crippen molar-refractivity contribution >= 4 is 0 Å². The average Bonchev–Trinajstić information content (AvgIpc) is 2.37. The Kier molecular flexibility index (Phi) is 7.88. The number of rotatable bonds is 9. The Morgan fingerprint density at radius 1 is 0.944 bits per heavy atom.